The molecule has 0 aliphatic heterocycles. The van der Waals surface area contributed by atoms with Crippen molar-refractivity contribution >= 4 is 17.2 Å². The van der Waals surface area contributed by atoms with Crippen LogP contribution in [0.15, 0.2) is 30.6 Å². The number of aryl methyl sites for hydroxylation is 1. The van der Waals surface area contributed by atoms with Crippen molar-refractivity contribution in [1.82, 2.24) is 25.1 Å². The third-order valence-corrected chi connectivity index (χ3v) is 4.72. The monoisotopic (exact) mass is 435 g/mol. The maximum atomic E-state index is 12.8. The minimum atomic E-state index is -4.68. The Bertz CT molecular complexity index is 1040. The van der Waals surface area contributed by atoms with Gasteiger partial charge in [0.25, 0.3) is 5.91 Å². The summed E-state index contributed by atoms with van der Waals surface area (Å²) in [6.45, 7) is -0.0692. The molecule has 1 amide bonds. The predicted octanol–water partition coefficient (Wildman–Crippen LogP) is 3.91. The minimum Gasteiger partial charge on any atom is -0.346 e. The highest BCUT2D eigenvalue weighted by Crippen LogP contribution is 2.32. The van der Waals surface area contributed by atoms with Crippen LogP contribution in [-0.4, -0.2) is 25.7 Å². The molecule has 0 spiro atoms. The van der Waals surface area contributed by atoms with Crippen LogP contribution in [0.3, 0.4) is 0 Å². The van der Waals surface area contributed by atoms with Crippen LogP contribution in [0.1, 0.15) is 26.8 Å². The molecule has 154 valence electrons. The number of alkyl halides is 6. The fourth-order valence-electron chi connectivity index (χ4n) is 2.32. The van der Waals surface area contributed by atoms with Crippen molar-refractivity contribution in [3.05, 3.63) is 52.6 Å². The molecule has 0 saturated heterocycles. The zero-order chi connectivity index (χ0) is 21.4. The Hall–Kier alpha value is -2.96. The van der Waals surface area contributed by atoms with Crippen molar-refractivity contribution in [2.75, 3.05) is 0 Å². The number of hydrogen-bond donors (Lipinski definition) is 1. The van der Waals surface area contributed by atoms with E-state index in [1.807, 2.05) is 0 Å². The van der Waals surface area contributed by atoms with Gasteiger partial charge in [0.2, 0.25) is 0 Å². The molecule has 0 aliphatic rings. The van der Waals surface area contributed by atoms with Gasteiger partial charge in [-0.3, -0.25) is 14.5 Å². The van der Waals surface area contributed by atoms with Gasteiger partial charge in [-0.2, -0.15) is 31.4 Å². The summed E-state index contributed by atoms with van der Waals surface area (Å²) in [4.78, 5) is 19.9. The van der Waals surface area contributed by atoms with Crippen LogP contribution in [0.4, 0.5) is 26.3 Å². The standard InChI is InChI=1S/C16H11F6N5OS/c1-27-10(5-12(26-27)16(20,21)22)13(28)24-6-9-7-25-14(29-9)8-2-3-23-11(4-8)15(17,18)19/h2-5,7H,6H2,1H3,(H,24,28). The van der Waals surface area contributed by atoms with E-state index in [0.29, 0.717) is 10.9 Å². The first-order valence-corrected chi connectivity index (χ1v) is 8.64. The Morgan fingerprint density at radius 2 is 1.79 bits per heavy atom. The van der Waals surface area contributed by atoms with Crippen molar-refractivity contribution in [3.8, 4) is 10.6 Å². The fourth-order valence-corrected chi connectivity index (χ4v) is 3.17. The molecule has 0 aliphatic carbocycles. The normalized spacial score (nSPS) is 12.2. The van der Waals surface area contributed by atoms with Gasteiger partial charge >= 0.3 is 12.4 Å². The number of thiazole rings is 1. The van der Waals surface area contributed by atoms with E-state index in [-0.39, 0.29) is 22.8 Å². The maximum Gasteiger partial charge on any atom is 0.435 e. The van der Waals surface area contributed by atoms with Crippen molar-refractivity contribution in [1.29, 1.82) is 0 Å². The number of halogens is 6. The van der Waals surface area contributed by atoms with Gasteiger partial charge in [0.1, 0.15) is 16.4 Å². The fraction of sp³-hybridized carbons (Fsp3) is 0.250. The number of rotatable bonds is 4. The lowest BCUT2D eigenvalue weighted by molar-refractivity contribution is -0.142. The molecular formula is C16H11F6N5OS. The number of nitrogens with zero attached hydrogens (tertiary/aromatic N) is 4. The number of hydrogen-bond acceptors (Lipinski definition) is 5. The van der Waals surface area contributed by atoms with Crippen LogP contribution < -0.4 is 5.32 Å². The summed E-state index contributed by atoms with van der Waals surface area (Å²) >= 11 is 1.03. The zero-order valence-electron chi connectivity index (χ0n) is 14.5. The van der Waals surface area contributed by atoms with Crippen LogP contribution in [0, 0.1) is 0 Å². The predicted molar refractivity (Wildman–Crippen MR) is 89.7 cm³/mol. The summed E-state index contributed by atoms with van der Waals surface area (Å²) in [6, 6.07) is 2.85. The summed E-state index contributed by atoms with van der Waals surface area (Å²) in [7, 11) is 1.20. The summed E-state index contributed by atoms with van der Waals surface area (Å²) in [6.07, 6.45) is -6.90. The van der Waals surface area contributed by atoms with E-state index in [1.165, 1.54) is 19.3 Å². The summed E-state index contributed by atoms with van der Waals surface area (Å²) in [5.74, 6) is -0.784. The highest BCUT2D eigenvalue weighted by Gasteiger charge is 2.35. The van der Waals surface area contributed by atoms with Gasteiger partial charge in [-0.25, -0.2) is 4.98 Å². The average molecular weight is 435 g/mol. The number of aromatic nitrogens is 4. The maximum absolute atomic E-state index is 12.8. The number of nitrogens with one attached hydrogen (secondary N) is 1. The molecule has 0 unspecified atom stereocenters. The quantitative estimate of drug-likeness (QED) is 0.631. The minimum absolute atomic E-state index is 0.0692. The van der Waals surface area contributed by atoms with Crippen LogP contribution in [0.2, 0.25) is 0 Å². The average Bonchev–Trinajstić information content (AvgIpc) is 3.25. The number of amides is 1. The molecule has 13 heteroatoms. The van der Waals surface area contributed by atoms with Crippen LogP contribution >= 0.6 is 11.3 Å². The highest BCUT2D eigenvalue weighted by atomic mass is 32.1. The molecule has 0 atom stereocenters. The van der Waals surface area contributed by atoms with Gasteiger partial charge in [-0.15, -0.1) is 11.3 Å². The third kappa shape index (κ3) is 4.72. The number of carbonyl (C=O) groups excluding carboxylic acids is 1. The molecule has 3 heterocycles. The third-order valence-electron chi connectivity index (χ3n) is 3.68. The molecule has 0 bridgehead atoms. The summed E-state index contributed by atoms with van der Waals surface area (Å²) in [5.41, 5.74) is -2.33. The lowest BCUT2D eigenvalue weighted by Gasteiger charge is -2.06. The van der Waals surface area contributed by atoms with E-state index in [0.717, 1.165) is 28.3 Å². The van der Waals surface area contributed by atoms with Gasteiger partial charge in [0.15, 0.2) is 5.69 Å². The molecule has 6 nitrogen and oxygen atoms in total. The Balaban J connectivity index is 1.70. The van der Waals surface area contributed by atoms with Crippen molar-refractivity contribution in [2.24, 2.45) is 7.05 Å². The smallest absolute Gasteiger partial charge is 0.346 e. The first-order chi connectivity index (χ1) is 13.4. The molecule has 0 radical (unpaired) electrons. The summed E-state index contributed by atoms with van der Waals surface area (Å²) in [5, 5.41) is 5.96. The molecule has 3 aromatic rings. The topological polar surface area (TPSA) is 72.7 Å². The molecule has 3 aromatic heterocycles. The van der Waals surface area contributed by atoms with Gasteiger partial charge in [0.05, 0.1) is 6.54 Å². The van der Waals surface area contributed by atoms with E-state index >= 15 is 0 Å². The van der Waals surface area contributed by atoms with Crippen LogP contribution in [0.25, 0.3) is 10.6 Å². The van der Waals surface area contributed by atoms with Crippen LogP contribution in [-0.2, 0) is 25.9 Å². The SMILES string of the molecule is Cn1nc(C(F)(F)F)cc1C(=O)NCc1cnc(-c2ccnc(C(F)(F)F)c2)s1. The Morgan fingerprint density at radius 3 is 2.41 bits per heavy atom. The highest BCUT2D eigenvalue weighted by molar-refractivity contribution is 7.15. The van der Waals surface area contributed by atoms with Crippen molar-refractivity contribution in [3.63, 3.8) is 0 Å². The largest absolute Gasteiger partial charge is 0.435 e. The second-order valence-corrected chi connectivity index (χ2v) is 6.89. The van der Waals surface area contributed by atoms with Gasteiger partial charge in [-0.1, -0.05) is 0 Å². The van der Waals surface area contributed by atoms with Gasteiger partial charge in [0, 0.05) is 35.9 Å². The molecular weight excluding hydrogens is 424 g/mol. The van der Waals surface area contributed by atoms with Gasteiger partial charge in [-0.05, 0) is 12.1 Å². The lowest BCUT2D eigenvalue weighted by atomic mass is 10.2. The Labute approximate surface area is 163 Å². The van der Waals surface area contributed by atoms with Crippen molar-refractivity contribution in [2.45, 2.75) is 18.9 Å². The molecule has 1 N–H and O–H groups in total. The molecule has 0 aromatic carbocycles. The Morgan fingerprint density at radius 1 is 1.10 bits per heavy atom. The molecule has 0 saturated carbocycles. The second kappa shape index (κ2) is 7.46. The van der Waals surface area contributed by atoms with E-state index in [4.69, 9.17) is 0 Å². The van der Waals surface area contributed by atoms with E-state index in [1.54, 1.807) is 0 Å². The Kier molecular flexibility index (Phi) is 5.34. The second-order valence-electron chi connectivity index (χ2n) is 5.78. The summed E-state index contributed by atoms with van der Waals surface area (Å²) < 4.78 is 77.1. The zero-order valence-corrected chi connectivity index (χ0v) is 15.3. The van der Waals surface area contributed by atoms with E-state index < -0.39 is 29.6 Å². The lowest BCUT2D eigenvalue weighted by Crippen LogP contribution is -2.24. The number of pyridine rings is 1. The van der Waals surface area contributed by atoms with Gasteiger partial charge < -0.3 is 5.32 Å². The van der Waals surface area contributed by atoms with Crippen molar-refractivity contribution < 1.29 is 31.1 Å². The van der Waals surface area contributed by atoms with E-state index in [2.05, 4.69) is 20.4 Å². The molecule has 3 rings (SSSR count). The number of carbonyl (C=O) groups is 1. The first kappa shape index (κ1) is 20.8. The molecule has 29 heavy (non-hydrogen) atoms. The van der Waals surface area contributed by atoms with Crippen LogP contribution in [0.5, 0.6) is 0 Å². The molecule has 0 fully saturated rings. The van der Waals surface area contributed by atoms with E-state index in [9.17, 15) is 31.1 Å². The first-order valence-electron chi connectivity index (χ1n) is 7.83.